The summed E-state index contributed by atoms with van der Waals surface area (Å²) in [6.45, 7) is 5.50. The number of hydrogen-bond acceptors (Lipinski definition) is 2. The van der Waals surface area contributed by atoms with Gasteiger partial charge in [0.1, 0.15) is 5.75 Å². The van der Waals surface area contributed by atoms with Crippen molar-refractivity contribution in [1.82, 2.24) is 0 Å². The highest BCUT2D eigenvalue weighted by Gasteiger charge is 2.05. The minimum atomic E-state index is -0.330. The molecular weight excluding hydrogens is 164 g/mol. The molecule has 0 heterocycles. The molecular formula is C11H16O2. The van der Waals surface area contributed by atoms with Crippen molar-refractivity contribution in [1.29, 1.82) is 0 Å². The van der Waals surface area contributed by atoms with E-state index in [0.717, 1.165) is 16.7 Å². The van der Waals surface area contributed by atoms with Crippen LogP contribution < -0.4 is 0 Å². The van der Waals surface area contributed by atoms with Gasteiger partial charge in [0.25, 0.3) is 0 Å². The van der Waals surface area contributed by atoms with Gasteiger partial charge in [0.2, 0.25) is 0 Å². The molecule has 0 aromatic heterocycles. The lowest BCUT2D eigenvalue weighted by molar-refractivity contribution is 0.195. The standard InChI is InChI=1S/C11H16O2/c1-7-4-10(6-9(3)12)5-8(2)11(7)13/h4-5,9,12-13H,6H2,1-3H3. The van der Waals surface area contributed by atoms with Crippen molar-refractivity contribution in [2.75, 3.05) is 0 Å². The van der Waals surface area contributed by atoms with E-state index in [-0.39, 0.29) is 6.10 Å². The van der Waals surface area contributed by atoms with Crippen LogP contribution in [-0.4, -0.2) is 16.3 Å². The van der Waals surface area contributed by atoms with Crippen LogP contribution in [0.1, 0.15) is 23.6 Å². The van der Waals surface area contributed by atoms with Crippen LogP contribution in [0.4, 0.5) is 0 Å². The molecule has 1 aromatic carbocycles. The van der Waals surface area contributed by atoms with Gasteiger partial charge in [0.15, 0.2) is 0 Å². The molecule has 0 bridgehead atoms. The van der Waals surface area contributed by atoms with Gasteiger partial charge < -0.3 is 10.2 Å². The number of phenolic OH excluding ortho intramolecular Hbond substituents is 1. The average molecular weight is 180 g/mol. The third kappa shape index (κ3) is 2.46. The molecule has 1 atom stereocenters. The smallest absolute Gasteiger partial charge is 0.121 e. The zero-order chi connectivity index (χ0) is 10.0. The number of aliphatic hydroxyl groups is 1. The van der Waals surface area contributed by atoms with Crippen molar-refractivity contribution in [3.05, 3.63) is 28.8 Å². The highest BCUT2D eigenvalue weighted by molar-refractivity contribution is 5.42. The van der Waals surface area contributed by atoms with E-state index in [0.29, 0.717) is 12.2 Å². The third-order valence-electron chi connectivity index (χ3n) is 2.08. The molecule has 72 valence electrons. The van der Waals surface area contributed by atoms with Gasteiger partial charge in [-0.1, -0.05) is 12.1 Å². The van der Waals surface area contributed by atoms with Crippen molar-refractivity contribution < 1.29 is 10.2 Å². The molecule has 0 saturated heterocycles. The van der Waals surface area contributed by atoms with Gasteiger partial charge in [-0.15, -0.1) is 0 Å². The Kier molecular flexibility index (Phi) is 2.94. The van der Waals surface area contributed by atoms with Crippen LogP contribution in [0.15, 0.2) is 12.1 Å². The van der Waals surface area contributed by atoms with Crippen LogP contribution in [0.5, 0.6) is 5.75 Å². The molecule has 2 N–H and O–H groups in total. The van der Waals surface area contributed by atoms with Gasteiger partial charge >= 0.3 is 0 Å². The summed E-state index contributed by atoms with van der Waals surface area (Å²) in [5.41, 5.74) is 2.81. The molecule has 1 unspecified atom stereocenters. The first-order chi connectivity index (χ1) is 6.00. The van der Waals surface area contributed by atoms with E-state index in [9.17, 15) is 10.2 Å². The van der Waals surface area contributed by atoms with Crippen LogP contribution in [-0.2, 0) is 6.42 Å². The molecule has 1 aromatic rings. The fourth-order valence-corrected chi connectivity index (χ4v) is 1.50. The van der Waals surface area contributed by atoms with E-state index in [4.69, 9.17) is 0 Å². The maximum absolute atomic E-state index is 9.50. The predicted octanol–water partition coefficient (Wildman–Crippen LogP) is 1.93. The van der Waals surface area contributed by atoms with E-state index in [1.165, 1.54) is 0 Å². The number of benzene rings is 1. The van der Waals surface area contributed by atoms with E-state index in [1.54, 1.807) is 6.92 Å². The number of phenols is 1. The van der Waals surface area contributed by atoms with Crippen LogP contribution in [0.3, 0.4) is 0 Å². The summed E-state index contributed by atoms with van der Waals surface area (Å²) in [5, 5.41) is 18.7. The molecule has 0 spiro atoms. The number of aliphatic hydroxyl groups excluding tert-OH is 1. The van der Waals surface area contributed by atoms with E-state index >= 15 is 0 Å². The van der Waals surface area contributed by atoms with Gasteiger partial charge in [-0.3, -0.25) is 0 Å². The first-order valence-electron chi connectivity index (χ1n) is 4.48. The molecule has 2 nitrogen and oxygen atoms in total. The van der Waals surface area contributed by atoms with E-state index in [2.05, 4.69) is 0 Å². The fraction of sp³-hybridized carbons (Fsp3) is 0.455. The minimum Gasteiger partial charge on any atom is -0.507 e. The molecule has 0 radical (unpaired) electrons. The molecule has 2 heteroatoms. The number of aryl methyl sites for hydroxylation is 2. The predicted molar refractivity (Wildman–Crippen MR) is 53.0 cm³/mol. The summed E-state index contributed by atoms with van der Waals surface area (Å²) in [5.74, 6) is 0.356. The second-order valence-corrected chi connectivity index (χ2v) is 3.63. The molecule has 0 amide bonds. The quantitative estimate of drug-likeness (QED) is 0.730. The molecule has 1 rings (SSSR count). The fourth-order valence-electron chi connectivity index (χ4n) is 1.50. The molecule has 0 aliphatic rings. The Morgan fingerprint density at radius 2 is 1.69 bits per heavy atom. The van der Waals surface area contributed by atoms with Crippen LogP contribution in [0.25, 0.3) is 0 Å². The topological polar surface area (TPSA) is 40.5 Å². The largest absolute Gasteiger partial charge is 0.507 e. The highest BCUT2D eigenvalue weighted by atomic mass is 16.3. The maximum Gasteiger partial charge on any atom is 0.121 e. The van der Waals surface area contributed by atoms with E-state index in [1.807, 2.05) is 26.0 Å². The lowest BCUT2D eigenvalue weighted by Gasteiger charge is -2.09. The Hall–Kier alpha value is -1.02. The monoisotopic (exact) mass is 180 g/mol. The summed E-state index contributed by atoms with van der Waals surface area (Å²) in [4.78, 5) is 0. The Morgan fingerprint density at radius 1 is 1.23 bits per heavy atom. The zero-order valence-electron chi connectivity index (χ0n) is 8.33. The minimum absolute atomic E-state index is 0.330. The summed E-state index contributed by atoms with van der Waals surface area (Å²) in [6, 6.07) is 3.82. The average Bonchev–Trinajstić information content (AvgIpc) is 1.98. The van der Waals surface area contributed by atoms with Crippen molar-refractivity contribution in [3.63, 3.8) is 0 Å². The second kappa shape index (κ2) is 3.79. The van der Waals surface area contributed by atoms with E-state index < -0.39 is 0 Å². The first kappa shape index (κ1) is 10.1. The number of hydrogen-bond donors (Lipinski definition) is 2. The van der Waals surface area contributed by atoms with Crippen molar-refractivity contribution >= 4 is 0 Å². The van der Waals surface area contributed by atoms with Crippen molar-refractivity contribution in [2.45, 2.75) is 33.3 Å². The van der Waals surface area contributed by atoms with Crippen molar-refractivity contribution in [3.8, 4) is 5.75 Å². The Bertz CT molecular complexity index is 280. The SMILES string of the molecule is Cc1cc(CC(C)O)cc(C)c1O. The lowest BCUT2D eigenvalue weighted by Crippen LogP contribution is -2.04. The molecule has 0 aliphatic carbocycles. The number of rotatable bonds is 2. The Morgan fingerprint density at radius 3 is 2.08 bits per heavy atom. The normalized spacial score (nSPS) is 12.9. The van der Waals surface area contributed by atoms with Crippen LogP contribution in [0.2, 0.25) is 0 Å². The Balaban J connectivity index is 2.99. The maximum atomic E-state index is 9.50. The molecule has 0 saturated carbocycles. The summed E-state index contributed by atoms with van der Waals surface area (Å²) < 4.78 is 0. The Labute approximate surface area is 78.8 Å². The zero-order valence-corrected chi connectivity index (χ0v) is 8.33. The third-order valence-corrected chi connectivity index (χ3v) is 2.08. The summed E-state index contributed by atoms with van der Waals surface area (Å²) in [6.07, 6.45) is 0.311. The molecule has 0 aliphatic heterocycles. The van der Waals surface area contributed by atoms with Gasteiger partial charge in [-0.2, -0.15) is 0 Å². The van der Waals surface area contributed by atoms with Crippen LogP contribution in [0, 0.1) is 13.8 Å². The van der Waals surface area contributed by atoms with Gasteiger partial charge in [-0.05, 0) is 43.9 Å². The lowest BCUT2D eigenvalue weighted by atomic mass is 10.0. The van der Waals surface area contributed by atoms with Crippen LogP contribution >= 0.6 is 0 Å². The number of aromatic hydroxyl groups is 1. The molecule has 0 fully saturated rings. The van der Waals surface area contributed by atoms with Gasteiger partial charge in [0, 0.05) is 0 Å². The highest BCUT2D eigenvalue weighted by Crippen LogP contribution is 2.23. The van der Waals surface area contributed by atoms with Crippen molar-refractivity contribution in [2.24, 2.45) is 0 Å². The summed E-state index contributed by atoms with van der Waals surface area (Å²) in [7, 11) is 0. The van der Waals surface area contributed by atoms with Gasteiger partial charge in [-0.25, -0.2) is 0 Å². The first-order valence-corrected chi connectivity index (χ1v) is 4.48. The molecule has 13 heavy (non-hydrogen) atoms. The summed E-state index contributed by atoms with van der Waals surface area (Å²) >= 11 is 0. The van der Waals surface area contributed by atoms with Gasteiger partial charge in [0.05, 0.1) is 6.10 Å². The second-order valence-electron chi connectivity index (χ2n) is 3.63.